The third kappa shape index (κ3) is 4.21. The van der Waals surface area contributed by atoms with Gasteiger partial charge in [-0.05, 0) is 32.1 Å². The van der Waals surface area contributed by atoms with Crippen molar-refractivity contribution < 1.29 is 9.90 Å². The highest BCUT2D eigenvalue weighted by Gasteiger charge is 2.18. The van der Waals surface area contributed by atoms with E-state index in [0.717, 1.165) is 24.8 Å². The quantitative estimate of drug-likeness (QED) is 0.591. The molecular formula is C23H26N4O3. The number of rotatable bonds is 7. The van der Waals surface area contributed by atoms with Crippen molar-refractivity contribution in [3.8, 4) is 11.3 Å². The summed E-state index contributed by atoms with van der Waals surface area (Å²) < 4.78 is 2.83. The van der Waals surface area contributed by atoms with Crippen LogP contribution in [-0.2, 0) is 17.9 Å². The molecule has 0 saturated heterocycles. The van der Waals surface area contributed by atoms with Gasteiger partial charge in [0, 0.05) is 30.1 Å². The first kappa shape index (κ1) is 20.1. The molecule has 1 aliphatic rings. The smallest absolute Gasteiger partial charge is 0.277 e. The lowest BCUT2D eigenvalue weighted by Crippen LogP contribution is -2.33. The maximum Gasteiger partial charge on any atom is 0.277 e. The largest absolute Gasteiger partial charge is 0.392 e. The fourth-order valence-electron chi connectivity index (χ4n) is 3.96. The lowest BCUT2D eigenvalue weighted by molar-refractivity contribution is -0.121. The highest BCUT2D eigenvalue weighted by atomic mass is 16.3. The fourth-order valence-corrected chi connectivity index (χ4v) is 3.96. The van der Waals surface area contributed by atoms with Crippen molar-refractivity contribution in [3.63, 3.8) is 0 Å². The molecule has 0 aliphatic heterocycles. The molecule has 0 unspecified atom stereocenters. The van der Waals surface area contributed by atoms with E-state index >= 15 is 0 Å². The molecule has 2 aromatic heterocycles. The Morgan fingerprint density at radius 1 is 1.17 bits per heavy atom. The van der Waals surface area contributed by atoms with Crippen LogP contribution in [0.4, 0.5) is 0 Å². The number of nitrogens with zero attached hydrogens (tertiary/aromatic N) is 3. The van der Waals surface area contributed by atoms with Gasteiger partial charge >= 0.3 is 0 Å². The first-order chi connectivity index (χ1) is 14.7. The molecule has 1 amide bonds. The number of benzene rings is 1. The van der Waals surface area contributed by atoms with Gasteiger partial charge in [0.25, 0.3) is 5.56 Å². The lowest BCUT2D eigenvalue weighted by atomic mass is 9.97. The topological polar surface area (TPSA) is 88.6 Å². The van der Waals surface area contributed by atoms with Crippen LogP contribution in [0, 0.1) is 0 Å². The van der Waals surface area contributed by atoms with E-state index in [2.05, 4.69) is 16.5 Å². The molecule has 2 heterocycles. The molecule has 3 aromatic rings. The van der Waals surface area contributed by atoms with Gasteiger partial charge in [0.2, 0.25) is 5.91 Å². The first-order valence-electron chi connectivity index (χ1n) is 10.4. The molecule has 1 aliphatic carbocycles. The average Bonchev–Trinajstić information content (AvgIpc) is 3.16. The Balaban J connectivity index is 1.52. The third-order valence-electron chi connectivity index (χ3n) is 5.53. The van der Waals surface area contributed by atoms with Crippen LogP contribution >= 0.6 is 0 Å². The third-order valence-corrected chi connectivity index (χ3v) is 5.53. The van der Waals surface area contributed by atoms with E-state index in [4.69, 9.17) is 0 Å². The van der Waals surface area contributed by atoms with Crippen LogP contribution in [0.5, 0.6) is 0 Å². The molecule has 2 N–H and O–H groups in total. The zero-order valence-electron chi connectivity index (χ0n) is 16.9. The summed E-state index contributed by atoms with van der Waals surface area (Å²) in [6, 6.07) is 9.43. The second-order valence-electron chi connectivity index (χ2n) is 7.58. The maximum absolute atomic E-state index is 13.0. The Morgan fingerprint density at radius 2 is 2.00 bits per heavy atom. The molecule has 30 heavy (non-hydrogen) atoms. The standard InChI is InChI=1S/C23H26N4O3/c28-16-19-21(18-9-5-2-6-10-18)25-27-14-13-26(23(30)22(19)27)15-20(29)24-12-11-17-7-3-1-4-8-17/h2,5-7,9-10,13-14,28H,1,3-4,8,11-12,15-16H2,(H,24,29). The predicted octanol–water partition coefficient (Wildman–Crippen LogP) is 2.66. The molecule has 0 spiro atoms. The SMILES string of the molecule is O=C(Cn1ccn2nc(-c3ccccc3)c(CO)c2c1=O)NCCC1=CCCCC1. The summed E-state index contributed by atoms with van der Waals surface area (Å²) in [5.74, 6) is -0.203. The minimum atomic E-state index is -0.346. The summed E-state index contributed by atoms with van der Waals surface area (Å²) in [6.07, 6.45) is 11.0. The number of nitrogens with one attached hydrogen (secondary N) is 1. The fraction of sp³-hybridized carbons (Fsp3) is 0.348. The highest BCUT2D eigenvalue weighted by molar-refractivity contribution is 5.76. The second kappa shape index (κ2) is 9.09. The number of aliphatic hydroxyl groups excluding tert-OH is 1. The molecule has 156 valence electrons. The summed E-state index contributed by atoms with van der Waals surface area (Å²) in [6.45, 7) is 0.202. The first-order valence-corrected chi connectivity index (χ1v) is 10.4. The van der Waals surface area contributed by atoms with E-state index in [0.29, 0.717) is 23.3 Å². The van der Waals surface area contributed by atoms with Crippen LogP contribution < -0.4 is 10.9 Å². The van der Waals surface area contributed by atoms with E-state index in [9.17, 15) is 14.7 Å². The molecule has 0 radical (unpaired) electrons. The Morgan fingerprint density at radius 3 is 2.73 bits per heavy atom. The van der Waals surface area contributed by atoms with E-state index in [1.54, 1.807) is 12.4 Å². The van der Waals surface area contributed by atoms with Crippen molar-refractivity contribution in [2.75, 3.05) is 6.54 Å². The van der Waals surface area contributed by atoms with E-state index in [1.807, 2.05) is 30.3 Å². The number of hydrogen-bond acceptors (Lipinski definition) is 4. The van der Waals surface area contributed by atoms with Crippen molar-refractivity contribution in [1.82, 2.24) is 19.5 Å². The number of aliphatic hydroxyl groups is 1. The molecule has 1 aromatic carbocycles. The van der Waals surface area contributed by atoms with Crippen LogP contribution in [0.2, 0.25) is 0 Å². The maximum atomic E-state index is 13.0. The Hall–Kier alpha value is -3.19. The van der Waals surface area contributed by atoms with Gasteiger partial charge in [0.15, 0.2) is 0 Å². The highest BCUT2D eigenvalue weighted by Crippen LogP contribution is 2.24. The zero-order chi connectivity index (χ0) is 20.9. The molecular weight excluding hydrogens is 380 g/mol. The van der Waals surface area contributed by atoms with Crippen LogP contribution in [0.1, 0.15) is 37.7 Å². The molecule has 0 fully saturated rings. The number of allylic oxidation sites excluding steroid dienone is 1. The van der Waals surface area contributed by atoms with Gasteiger partial charge in [0.1, 0.15) is 12.1 Å². The minimum absolute atomic E-state index is 0.0644. The molecule has 7 heteroatoms. The Labute approximate surface area is 174 Å². The van der Waals surface area contributed by atoms with Crippen molar-refractivity contribution in [2.45, 2.75) is 45.3 Å². The number of hydrogen-bond donors (Lipinski definition) is 2. The average molecular weight is 406 g/mol. The van der Waals surface area contributed by atoms with Gasteiger partial charge in [-0.1, -0.05) is 42.0 Å². The number of aromatic nitrogens is 3. The molecule has 0 saturated carbocycles. The predicted molar refractivity (Wildman–Crippen MR) is 115 cm³/mol. The Bertz CT molecular complexity index is 1130. The van der Waals surface area contributed by atoms with Crippen molar-refractivity contribution in [1.29, 1.82) is 0 Å². The summed E-state index contributed by atoms with van der Waals surface area (Å²) in [4.78, 5) is 25.4. The summed E-state index contributed by atoms with van der Waals surface area (Å²) in [5, 5.41) is 17.3. The molecule has 4 rings (SSSR count). The molecule has 0 atom stereocenters. The van der Waals surface area contributed by atoms with Gasteiger partial charge in [-0.3, -0.25) is 9.59 Å². The molecule has 7 nitrogen and oxygen atoms in total. The second-order valence-corrected chi connectivity index (χ2v) is 7.58. The van der Waals surface area contributed by atoms with Crippen LogP contribution in [0.15, 0.2) is 59.2 Å². The van der Waals surface area contributed by atoms with E-state index in [-0.39, 0.29) is 24.6 Å². The van der Waals surface area contributed by atoms with Gasteiger partial charge in [0.05, 0.1) is 12.3 Å². The van der Waals surface area contributed by atoms with Gasteiger partial charge in [-0.15, -0.1) is 0 Å². The zero-order valence-corrected chi connectivity index (χ0v) is 16.9. The number of carbonyl (C=O) groups is 1. The lowest BCUT2D eigenvalue weighted by Gasteiger charge is -2.13. The minimum Gasteiger partial charge on any atom is -0.392 e. The Kier molecular flexibility index (Phi) is 6.09. The van der Waals surface area contributed by atoms with Gasteiger partial charge in [-0.2, -0.15) is 5.10 Å². The summed E-state index contributed by atoms with van der Waals surface area (Å²) >= 11 is 0. The van der Waals surface area contributed by atoms with Crippen molar-refractivity contribution >= 4 is 11.4 Å². The van der Waals surface area contributed by atoms with Crippen LogP contribution in [0.3, 0.4) is 0 Å². The van der Waals surface area contributed by atoms with E-state index < -0.39 is 0 Å². The van der Waals surface area contributed by atoms with Gasteiger partial charge in [-0.25, -0.2) is 4.52 Å². The number of carbonyl (C=O) groups excluding carboxylic acids is 1. The van der Waals surface area contributed by atoms with E-state index in [1.165, 1.54) is 27.5 Å². The summed E-state index contributed by atoms with van der Waals surface area (Å²) in [7, 11) is 0. The molecule has 0 bridgehead atoms. The monoisotopic (exact) mass is 406 g/mol. The summed E-state index contributed by atoms with van der Waals surface area (Å²) in [5.41, 5.74) is 3.20. The number of amides is 1. The van der Waals surface area contributed by atoms with Crippen LogP contribution in [-0.4, -0.2) is 31.7 Å². The van der Waals surface area contributed by atoms with Crippen molar-refractivity contribution in [3.05, 3.63) is 70.3 Å². The van der Waals surface area contributed by atoms with Crippen molar-refractivity contribution in [2.24, 2.45) is 0 Å². The number of fused-ring (bicyclic) bond motifs is 1. The van der Waals surface area contributed by atoms with Crippen LogP contribution in [0.25, 0.3) is 16.8 Å². The van der Waals surface area contributed by atoms with Gasteiger partial charge < -0.3 is 15.0 Å². The normalized spacial score (nSPS) is 14.0.